The molecule has 164 valence electrons. The fraction of sp³-hybridized carbons (Fsp3) is 0.455. The molecular formula is C22H27N5O4. The lowest BCUT2D eigenvalue weighted by Gasteiger charge is -2.32. The first-order chi connectivity index (χ1) is 15.1. The van der Waals surface area contributed by atoms with Gasteiger partial charge in [0.15, 0.2) is 0 Å². The largest absolute Gasteiger partial charge is 0.497 e. The maximum absolute atomic E-state index is 12.7. The van der Waals surface area contributed by atoms with Crippen LogP contribution in [-0.2, 0) is 11.2 Å². The van der Waals surface area contributed by atoms with Crippen molar-refractivity contribution in [1.82, 2.24) is 20.4 Å². The lowest BCUT2D eigenvalue weighted by Crippen LogP contribution is -2.41. The number of nitrogens with one attached hydrogen (secondary N) is 1. The Balaban J connectivity index is 1.30. The molecule has 4 rings (SSSR count). The van der Waals surface area contributed by atoms with E-state index in [9.17, 15) is 4.79 Å². The van der Waals surface area contributed by atoms with E-state index in [4.69, 9.17) is 14.0 Å². The predicted molar refractivity (Wildman–Crippen MR) is 116 cm³/mol. The standard InChI is InChI=1S/C22H27N5O4/c1-14-19-20(24-13-25-22(19)31-26-14)27-10-7-16(8-11-27)21(28)23-9-6-15-4-5-17(29-2)12-18(15)30-3/h4-5,12-13,16H,6-11H2,1-3H3,(H,23,28). The van der Waals surface area contributed by atoms with E-state index in [2.05, 4.69) is 25.3 Å². The first-order valence-corrected chi connectivity index (χ1v) is 10.4. The molecule has 1 amide bonds. The summed E-state index contributed by atoms with van der Waals surface area (Å²) < 4.78 is 15.9. The smallest absolute Gasteiger partial charge is 0.263 e. The van der Waals surface area contributed by atoms with Gasteiger partial charge in [-0.15, -0.1) is 0 Å². The van der Waals surface area contributed by atoms with Crippen LogP contribution in [0.2, 0.25) is 0 Å². The lowest BCUT2D eigenvalue weighted by atomic mass is 9.95. The molecule has 1 saturated heterocycles. The van der Waals surface area contributed by atoms with E-state index >= 15 is 0 Å². The maximum Gasteiger partial charge on any atom is 0.263 e. The van der Waals surface area contributed by atoms with Crippen molar-refractivity contribution < 1.29 is 18.8 Å². The highest BCUT2D eigenvalue weighted by atomic mass is 16.5. The Labute approximate surface area is 180 Å². The highest BCUT2D eigenvalue weighted by Crippen LogP contribution is 2.29. The van der Waals surface area contributed by atoms with Gasteiger partial charge in [0.2, 0.25) is 5.91 Å². The van der Waals surface area contributed by atoms with Gasteiger partial charge in [-0.25, -0.2) is 4.98 Å². The zero-order valence-corrected chi connectivity index (χ0v) is 18.1. The van der Waals surface area contributed by atoms with E-state index in [1.807, 2.05) is 25.1 Å². The number of hydrogen-bond donors (Lipinski definition) is 1. The van der Waals surface area contributed by atoms with Gasteiger partial charge in [0.25, 0.3) is 5.71 Å². The maximum atomic E-state index is 12.7. The highest BCUT2D eigenvalue weighted by Gasteiger charge is 2.27. The monoisotopic (exact) mass is 425 g/mol. The molecule has 9 nitrogen and oxygen atoms in total. The Morgan fingerprint density at radius 1 is 1.23 bits per heavy atom. The number of rotatable bonds is 7. The van der Waals surface area contributed by atoms with E-state index in [1.165, 1.54) is 6.33 Å². The summed E-state index contributed by atoms with van der Waals surface area (Å²) in [5.74, 6) is 2.44. The topological polar surface area (TPSA) is 103 Å². The van der Waals surface area contributed by atoms with Crippen molar-refractivity contribution in [2.75, 3.05) is 38.8 Å². The number of methoxy groups -OCH3 is 2. The number of piperidine rings is 1. The third-order valence-electron chi connectivity index (χ3n) is 5.78. The molecule has 1 aliphatic rings. The highest BCUT2D eigenvalue weighted by molar-refractivity contribution is 5.88. The van der Waals surface area contributed by atoms with Gasteiger partial charge in [-0.2, -0.15) is 4.98 Å². The molecule has 0 radical (unpaired) electrons. The molecule has 0 bridgehead atoms. The Morgan fingerprint density at radius 2 is 2.03 bits per heavy atom. The lowest BCUT2D eigenvalue weighted by molar-refractivity contribution is -0.125. The van der Waals surface area contributed by atoms with Crippen molar-refractivity contribution in [3.05, 3.63) is 35.8 Å². The van der Waals surface area contributed by atoms with Crippen molar-refractivity contribution in [2.45, 2.75) is 26.2 Å². The number of anilines is 1. The minimum atomic E-state index is -0.00471. The predicted octanol–water partition coefficient (Wildman–Crippen LogP) is 2.52. The van der Waals surface area contributed by atoms with Crippen LogP contribution in [0.1, 0.15) is 24.1 Å². The molecule has 1 aromatic carbocycles. The normalized spacial score (nSPS) is 14.6. The average molecular weight is 425 g/mol. The quantitative estimate of drug-likeness (QED) is 0.616. The van der Waals surface area contributed by atoms with Gasteiger partial charge in [0.1, 0.15) is 29.0 Å². The number of carbonyl (C=O) groups is 1. The molecule has 3 heterocycles. The number of hydrogen-bond acceptors (Lipinski definition) is 8. The van der Waals surface area contributed by atoms with Crippen LogP contribution in [0.15, 0.2) is 29.0 Å². The first-order valence-electron chi connectivity index (χ1n) is 10.4. The second-order valence-electron chi connectivity index (χ2n) is 7.63. The number of ether oxygens (including phenoxy) is 2. The van der Waals surface area contributed by atoms with Crippen molar-refractivity contribution in [1.29, 1.82) is 0 Å². The van der Waals surface area contributed by atoms with Gasteiger partial charge in [-0.3, -0.25) is 4.79 Å². The molecule has 0 saturated carbocycles. The second-order valence-corrected chi connectivity index (χ2v) is 7.63. The molecule has 9 heteroatoms. The fourth-order valence-corrected chi connectivity index (χ4v) is 4.02. The number of carbonyl (C=O) groups excluding carboxylic acids is 1. The molecule has 1 aliphatic heterocycles. The molecule has 2 aromatic heterocycles. The van der Waals surface area contributed by atoms with Crippen LogP contribution in [0.4, 0.5) is 5.82 Å². The second kappa shape index (κ2) is 9.20. The molecule has 3 aromatic rings. The average Bonchev–Trinajstić information content (AvgIpc) is 3.20. The van der Waals surface area contributed by atoms with Gasteiger partial charge in [0, 0.05) is 31.6 Å². The van der Waals surface area contributed by atoms with E-state index in [0.717, 1.165) is 59.9 Å². The van der Waals surface area contributed by atoms with Crippen molar-refractivity contribution in [2.24, 2.45) is 5.92 Å². The summed E-state index contributed by atoms with van der Waals surface area (Å²) in [6.45, 7) is 3.95. The van der Waals surface area contributed by atoms with E-state index < -0.39 is 0 Å². The van der Waals surface area contributed by atoms with Crippen molar-refractivity contribution >= 4 is 22.8 Å². The van der Waals surface area contributed by atoms with Crippen LogP contribution < -0.4 is 19.7 Å². The summed E-state index contributed by atoms with van der Waals surface area (Å²) in [5.41, 5.74) is 2.31. The van der Waals surface area contributed by atoms with Crippen LogP contribution in [0.3, 0.4) is 0 Å². The molecule has 31 heavy (non-hydrogen) atoms. The Morgan fingerprint density at radius 3 is 2.77 bits per heavy atom. The zero-order valence-electron chi connectivity index (χ0n) is 18.1. The molecular weight excluding hydrogens is 398 g/mol. The molecule has 0 spiro atoms. The number of amides is 1. The van der Waals surface area contributed by atoms with Crippen molar-refractivity contribution in [3.63, 3.8) is 0 Å². The number of aromatic nitrogens is 3. The van der Waals surface area contributed by atoms with Crippen LogP contribution >= 0.6 is 0 Å². The van der Waals surface area contributed by atoms with E-state index in [0.29, 0.717) is 18.7 Å². The van der Waals surface area contributed by atoms with Crippen molar-refractivity contribution in [3.8, 4) is 11.5 Å². The van der Waals surface area contributed by atoms with Gasteiger partial charge < -0.3 is 24.2 Å². The fourth-order valence-electron chi connectivity index (χ4n) is 4.02. The summed E-state index contributed by atoms with van der Waals surface area (Å²) in [6.07, 6.45) is 3.74. The third-order valence-corrected chi connectivity index (χ3v) is 5.78. The van der Waals surface area contributed by atoms with E-state index in [1.54, 1.807) is 14.2 Å². The van der Waals surface area contributed by atoms with Crippen LogP contribution in [-0.4, -0.2) is 54.9 Å². The molecule has 1 fully saturated rings. The van der Waals surface area contributed by atoms with E-state index in [-0.39, 0.29) is 11.8 Å². The third kappa shape index (κ3) is 4.40. The Hall–Kier alpha value is -3.36. The Kier molecular flexibility index (Phi) is 6.20. The van der Waals surface area contributed by atoms with Gasteiger partial charge in [-0.05, 0) is 37.8 Å². The number of aryl methyl sites for hydroxylation is 1. The number of benzene rings is 1. The summed E-state index contributed by atoms with van der Waals surface area (Å²) in [5, 5.41) is 7.91. The summed E-state index contributed by atoms with van der Waals surface area (Å²) in [6, 6.07) is 5.72. The zero-order chi connectivity index (χ0) is 21.8. The van der Waals surface area contributed by atoms with Gasteiger partial charge >= 0.3 is 0 Å². The summed E-state index contributed by atoms with van der Waals surface area (Å²) >= 11 is 0. The first kappa shape index (κ1) is 20.9. The summed E-state index contributed by atoms with van der Waals surface area (Å²) in [4.78, 5) is 23.4. The number of nitrogens with zero attached hydrogens (tertiary/aromatic N) is 4. The molecule has 1 N–H and O–H groups in total. The molecule has 0 atom stereocenters. The number of fused-ring (bicyclic) bond motifs is 1. The van der Waals surface area contributed by atoms with Crippen LogP contribution in [0.5, 0.6) is 11.5 Å². The van der Waals surface area contributed by atoms with Gasteiger partial charge in [0.05, 0.1) is 19.9 Å². The minimum Gasteiger partial charge on any atom is -0.497 e. The van der Waals surface area contributed by atoms with Gasteiger partial charge in [-0.1, -0.05) is 11.2 Å². The molecule has 0 unspecified atom stereocenters. The summed E-state index contributed by atoms with van der Waals surface area (Å²) in [7, 11) is 3.26. The Bertz CT molecular complexity index is 1060. The SMILES string of the molecule is COc1ccc(CCNC(=O)C2CCN(c3ncnc4onc(C)c34)CC2)c(OC)c1. The van der Waals surface area contributed by atoms with Crippen LogP contribution in [0, 0.1) is 12.8 Å². The molecule has 0 aliphatic carbocycles. The van der Waals surface area contributed by atoms with Crippen LogP contribution in [0.25, 0.3) is 11.1 Å². The minimum absolute atomic E-state index is 0.00471.